The van der Waals surface area contributed by atoms with Crippen LogP contribution in [0.3, 0.4) is 0 Å². The lowest BCUT2D eigenvalue weighted by Crippen LogP contribution is -1.89. The van der Waals surface area contributed by atoms with Crippen LogP contribution in [0.1, 0.15) is 11.4 Å². The van der Waals surface area contributed by atoms with Crippen LogP contribution in [0.2, 0.25) is 0 Å². The molecule has 1 rings (SSSR count). The lowest BCUT2D eigenvalue weighted by atomic mass is 10.2. The van der Waals surface area contributed by atoms with Crippen LogP contribution in [-0.4, -0.2) is 15.5 Å². The van der Waals surface area contributed by atoms with Gasteiger partial charge in [0.1, 0.15) is 0 Å². The summed E-state index contributed by atoms with van der Waals surface area (Å²) in [4.78, 5) is 8.53. The van der Waals surface area contributed by atoms with Crippen molar-refractivity contribution < 1.29 is 20.0 Å². The molecule has 0 aromatic heterocycles. The van der Waals surface area contributed by atoms with E-state index >= 15 is 0 Å². The van der Waals surface area contributed by atoms with E-state index in [2.05, 4.69) is 0 Å². The molecule has 1 aromatic carbocycles. The Balaban J connectivity index is 0.00000121. The number of hydrogen-bond acceptors (Lipinski definition) is 2. The summed E-state index contributed by atoms with van der Waals surface area (Å²) in [5.41, 5.74) is 0.469. The Hall–Kier alpha value is -0.800. The molecule has 0 aliphatic rings. The Kier molecular flexibility index (Phi) is 4.62. The van der Waals surface area contributed by atoms with Gasteiger partial charge in [-0.2, -0.15) is 4.89 Å². The normalized spacial score (nSPS) is 13.0. The average Bonchev–Trinajstić information content (AvgIpc) is 2.05. The van der Waals surface area contributed by atoms with Crippen molar-refractivity contribution in [3.8, 4) is 0 Å². The van der Waals surface area contributed by atoms with Crippen molar-refractivity contribution in [3.63, 3.8) is 0 Å². The van der Waals surface area contributed by atoms with Crippen molar-refractivity contribution in [2.24, 2.45) is 0 Å². The van der Waals surface area contributed by atoms with Gasteiger partial charge >= 0.3 is 13.9 Å². The van der Waals surface area contributed by atoms with Crippen LogP contribution in [-0.2, 0) is 4.57 Å². The minimum Gasteiger partial charge on any atom is -0.412 e. The number of aliphatic hydroxyl groups is 1. The minimum absolute atomic E-state index is 0. The SMILES string of the molecule is O.O=[P+](O)C(O)c1ccccc1. The maximum atomic E-state index is 10.4. The molecule has 1 aromatic rings. The Morgan fingerprint density at radius 2 is 1.75 bits per heavy atom. The third kappa shape index (κ3) is 2.68. The van der Waals surface area contributed by atoms with E-state index in [1.807, 2.05) is 0 Å². The molecule has 12 heavy (non-hydrogen) atoms. The van der Waals surface area contributed by atoms with E-state index in [9.17, 15) is 4.57 Å². The average molecular weight is 189 g/mol. The van der Waals surface area contributed by atoms with Crippen molar-refractivity contribution in [1.29, 1.82) is 0 Å². The molecule has 0 heterocycles. The lowest BCUT2D eigenvalue weighted by molar-refractivity contribution is 0.243. The zero-order valence-electron chi connectivity index (χ0n) is 6.21. The monoisotopic (exact) mass is 189 g/mol. The molecule has 0 radical (unpaired) electrons. The predicted molar refractivity (Wildman–Crippen MR) is 44.8 cm³/mol. The first kappa shape index (κ1) is 11.2. The first-order chi connectivity index (χ1) is 5.22. The van der Waals surface area contributed by atoms with Gasteiger partial charge in [0, 0.05) is 5.56 Å². The predicted octanol–water partition coefficient (Wildman–Crippen LogP) is 0.588. The molecule has 4 nitrogen and oxygen atoms in total. The summed E-state index contributed by atoms with van der Waals surface area (Å²) in [7, 11) is -2.53. The minimum atomic E-state index is -2.53. The summed E-state index contributed by atoms with van der Waals surface area (Å²) in [6, 6.07) is 8.40. The van der Waals surface area contributed by atoms with Crippen LogP contribution in [0.15, 0.2) is 30.3 Å². The third-order valence-electron chi connectivity index (χ3n) is 1.31. The van der Waals surface area contributed by atoms with Crippen molar-refractivity contribution in [3.05, 3.63) is 35.9 Å². The van der Waals surface area contributed by atoms with E-state index in [1.165, 1.54) is 0 Å². The molecule has 0 saturated carbocycles. The van der Waals surface area contributed by atoms with E-state index in [1.54, 1.807) is 30.3 Å². The highest BCUT2D eigenvalue weighted by molar-refractivity contribution is 7.38. The third-order valence-corrected chi connectivity index (χ3v) is 2.02. The van der Waals surface area contributed by atoms with E-state index in [-0.39, 0.29) is 5.48 Å². The van der Waals surface area contributed by atoms with Crippen LogP contribution in [0.4, 0.5) is 0 Å². The summed E-state index contributed by atoms with van der Waals surface area (Å²) in [5, 5.41) is 9.06. The van der Waals surface area contributed by atoms with Gasteiger partial charge in [-0.05, 0) is 4.57 Å². The zero-order valence-corrected chi connectivity index (χ0v) is 7.11. The number of benzene rings is 1. The number of rotatable bonds is 2. The van der Waals surface area contributed by atoms with Crippen molar-refractivity contribution in [1.82, 2.24) is 0 Å². The first-order valence-corrected chi connectivity index (χ1v) is 4.38. The van der Waals surface area contributed by atoms with Gasteiger partial charge in [-0.15, -0.1) is 0 Å². The Labute approximate surface area is 70.7 Å². The van der Waals surface area contributed by atoms with Crippen LogP contribution in [0.5, 0.6) is 0 Å². The largest absolute Gasteiger partial charge is 0.542 e. The maximum Gasteiger partial charge on any atom is 0.542 e. The van der Waals surface area contributed by atoms with E-state index < -0.39 is 13.9 Å². The summed E-state index contributed by atoms with van der Waals surface area (Å²) in [5.74, 6) is -1.26. The molecule has 0 saturated heterocycles. The van der Waals surface area contributed by atoms with Gasteiger partial charge in [-0.3, -0.25) is 0 Å². The fourth-order valence-electron chi connectivity index (χ4n) is 0.753. The van der Waals surface area contributed by atoms with Crippen LogP contribution >= 0.6 is 8.03 Å². The van der Waals surface area contributed by atoms with Crippen molar-refractivity contribution in [2.45, 2.75) is 5.85 Å². The highest BCUT2D eigenvalue weighted by atomic mass is 31.1. The van der Waals surface area contributed by atoms with Gasteiger partial charge < -0.3 is 10.6 Å². The van der Waals surface area contributed by atoms with Gasteiger partial charge in [0.15, 0.2) is 0 Å². The van der Waals surface area contributed by atoms with Crippen molar-refractivity contribution >= 4 is 8.03 Å². The highest BCUT2D eigenvalue weighted by Gasteiger charge is 2.27. The highest BCUT2D eigenvalue weighted by Crippen LogP contribution is 2.34. The van der Waals surface area contributed by atoms with Gasteiger partial charge in [-0.1, -0.05) is 30.3 Å². The molecule has 0 aliphatic carbocycles. The Morgan fingerprint density at radius 3 is 2.17 bits per heavy atom. The number of hydrogen-bond donors (Lipinski definition) is 2. The zero-order chi connectivity index (χ0) is 8.27. The standard InChI is InChI=1S/C7H7O3P.H2O/c8-7(11(9)10)6-4-2-1-3-5-6;/h1-5,7-8H;1H2/p+1. The summed E-state index contributed by atoms with van der Waals surface area (Å²) in [6.45, 7) is 0. The molecule has 5 heteroatoms. The molecule has 0 aliphatic heterocycles. The molecule has 2 unspecified atom stereocenters. The number of aliphatic hydroxyl groups excluding tert-OH is 1. The molecule has 66 valence electrons. The quantitative estimate of drug-likeness (QED) is 0.667. The van der Waals surface area contributed by atoms with Crippen LogP contribution < -0.4 is 0 Å². The summed E-state index contributed by atoms with van der Waals surface area (Å²) in [6.07, 6.45) is 0. The van der Waals surface area contributed by atoms with E-state index in [4.69, 9.17) is 10.00 Å². The first-order valence-electron chi connectivity index (χ1n) is 3.10. The maximum absolute atomic E-state index is 10.4. The van der Waals surface area contributed by atoms with E-state index in [0.717, 1.165) is 0 Å². The second kappa shape index (κ2) is 4.95. The molecule has 0 bridgehead atoms. The lowest BCUT2D eigenvalue weighted by Gasteiger charge is -1.94. The Morgan fingerprint density at radius 1 is 1.25 bits per heavy atom. The van der Waals surface area contributed by atoms with Gasteiger partial charge in [0.25, 0.3) is 0 Å². The topological polar surface area (TPSA) is 89.0 Å². The smallest absolute Gasteiger partial charge is 0.412 e. The van der Waals surface area contributed by atoms with Crippen molar-refractivity contribution in [2.75, 3.05) is 0 Å². The summed E-state index contributed by atoms with van der Waals surface area (Å²) < 4.78 is 10.4. The van der Waals surface area contributed by atoms with E-state index in [0.29, 0.717) is 5.56 Å². The Bertz CT molecular complexity index is 249. The fourth-order valence-corrected chi connectivity index (χ4v) is 1.18. The van der Waals surface area contributed by atoms with Crippen LogP contribution in [0.25, 0.3) is 0 Å². The second-order valence-corrected chi connectivity index (χ2v) is 3.18. The molecule has 0 spiro atoms. The molecular weight excluding hydrogens is 179 g/mol. The van der Waals surface area contributed by atoms with Gasteiger partial charge in [-0.25, -0.2) is 0 Å². The second-order valence-electron chi connectivity index (χ2n) is 2.09. The summed E-state index contributed by atoms with van der Waals surface area (Å²) >= 11 is 0. The molecule has 4 N–H and O–H groups in total. The van der Waals surface area contributed by atoms with Gasteiger partial charge in [0.2, 0.25) is 0 Å². The van der Waals surface area contributed by atoms with Gasteiger partial charge in [0.05, 0.1) is 0 Å². The molecule has 0 fully saturated rings. The molecular formula is C7H10O4P+. The molecule has 2 atom stereocenters. The molecule has 0 amide bonds. The fraction of sp³-hybridized carbons (Fsp3) is 0.143. The van der Waals surface area contributed by atoms with Crippen LogP contribution in [0, 0.1) is 0 Å².